The Morgan fingerprint density at radius 1 is 1.32 bits per heavy atom. The maximum atomic E-state index is 5.74. The highest BCUT2D eigenvalue weighted by Crippen LogP contribution is 2.16. The van der Waals surface area contributed by atoms with Gasteiger partial charge < -0.3 is 9.73 Å². The zero-order valence-electron chi connectivity index (χ0n) is 12.6. The van der Waals surface area contributed by atoms with Crippen molar-refractivity contribution in [2.45, 2.75) is 45.3 Å². The van der Waals surface area contributed by atoms with Crippen molar-refractivity contribution in [3.05, 3.63) is 41.8 Å². The molecule has 0 unspecified atom stereocenters. The first kappa shape index (κ1) is 13.5. The molecule has 0 radical (unpaired) electrons. The maximum Gasteiger partial charge on any atom is 0.209 e. The fourth-order valence-electron chi connectivity index (χ4n) is 2.90. The van der Waals surface area contributed by atoms with Crippen molar-refractivity contribution in [3.63, 3.8) is 0 Å². The van der Waals surface area contributed by atoms with Gasteiger partial charge in [0.25, 0.3) is 0 Å². The summed E-state index contributed by atoms with van der Waals surface area (Å²) in [6.45, 7) is 3.59. The van der Waals surface area contributed by atoms with E-state index in [1.54, 1.807) is 0 Å². The average molecular weight is 297 g/mol. The van der Waals surface area contributed by atoms with Gasteiger partial charge in [-0.15, -0.1) is 0 Å². The van der Waals surface area contributed by atoms with Crippen molar-refractivity contribution in [3.8, 4) is 0 Å². The molecule has 6 nitrogen and oxygen atoms in total. The Morgan fingerprint density at radius 3 is 3.09 bits per heavy atom. The molecule has 0 spiro atoms. The average Bonchev–Trinajstić information content (AvgIpc) is 3.15. The fourth-order valence-corrected chi connectivity index (χ4v) is 2.90. The van der Waals surface area contributed by atoms with Crippen molar-refractivity contribution < 1.29 is 4.42 Å². The molecule has 1 aromatic carbocycles. The molecule has 0 aliphatic carbocycles. The van der Waals surface area contributed by atoms with E-state index in [0.29, 0.717) is 12.6 Å². The number of fused-ring (bicyclic) bond motifs is 2. The van der Waals surface area contributed by atoms with Gasteiger partial charge >= 0.3 is 0 Å². The van der Waals surface area contributed by atoms with Gasteiger partial charge in [0.2, 0.25) is 5.89 Å². The van der Waals surface area contributed by atoms with Gasteiger partial charge in [-0.3, -0.25) is 0 Å². The van der Waals surface area contributed by atoms with Gasteiger partial charge in [0, 0.05) is 18.9 Å². The molecule has 6 heteroatoms. The van der Waals surface area contributed by atoms with Crippen molar-refractivity contribution in [2.24, 2.45) is 0 Å². The Bertz CT molecular complexity index is 758. The summed E-state index contributed by atoms with van der Waals surface area (Å²) in [5.74, 6) is 2.78. The minimum atomic E-state index is 0.383. The molecule has 0 saturated carbocycles. The molecule has 1 aliphatic heterocycles. The standard InChI is InChI=1S/C16H19N5O/c1-2-14-19-15-8-7-11(10-21(15)20-14)17-9-16-18-12-5-3-4-6-13(12)22-16/h3-6,11,17H,2,7-10H2,1H3/t11-/m0/s1. The molecule has 0 amide bonds. The minimum absolute atomic E-state index is 0.383. The molecule has 1 atom stereocenters. The van der Waals surface area contributed by atoms with E-state index in [4.69, 9.17) is 4.42 Å². The predicted molar refractivity (Wildman–Crippen MR) is 82.4 cm³/mol. The topological polar surface area (TPSA) is 68.8 Å². The second kappa shape index (κ2) is 5.53. The summed E-state index contributed by atoms with van der Waals surface area (Å²) in [4.78, 5) is 9.04. The SMILES string of the molecule is CCc1nc2n(n1)C[C@@H](NCc1nc3ccccc3o1)CC2. The van der Waals surface area contributed by atoms with Crippen LogP contribution in [0.5, 0.6) is 0 Å². The molecule has 114 valence electrons. The fraction of sp³-hybridized carbons (Fsp3) is 0.438. The van der Waals surface area contributed by atoms with E-state index >= 15 is 0 Å². The van der Waals surface area contributed by atoms with Crippen LogP contribution in [-0.2, 0) is 25.9 Å². The van der Waals surface area contributed by atoms with E-state index in [1.165, 1.54) is 0 Å². The van der Waals surface area contributed by atoms with Crippen LogP contribution < -0.4 is 5.32 Å². The van der Waals surface area contributed by atoms with E-state index in [0.717, 1.165) is 54.4 Å². The summed E-state index contributed by atoms with van der Waals surface area (Å²) in [5.41, 5.74) is 1.75. The van der Waals surface area contributed by atoms with Crippen LogP contribution in [0.3, 0.4) is 0 Å². The molecular weight excluding hydrogens is 278 g/mol. The van der Waals surface area contributed by atoms with Gasteiger partial charge in [-0.2, -0.15) is 5.10 Å². The zero-order chi connectivity index (χ0) is 14.9. The van der Waals surface area contributed by atoms with E-state index in [2.05, 4.69) is 27.3 Å². The highest BCUT2D eigenvalue weighted by atomic mass is 16.3. The molecule has 3 heterocycles. The van der Waals surface area contributed by atoms with Gasteiger partial charge in [0.05, 0.1) is 13.1 Å². The number of nitrogens with one attached hydrogen (secondary N) is 1. The van der Waals surface area contributed by atoms with Gasteiger partial charge in [-0.05, 0) is 18.6 Å². The number of aromatic nitrogens is 4. The van der Waals surface area contributed by atoms with E-state index in [9.17, 15) is 0 Å². The van der Waals surface area contributed by atoms with Crippen LogP contribution in [0.25, 0.3) is 11.1 Å². The quantitative estimate of drug-likeness (QED) is 0.798. The molecule has 0 fully saturated rings. The molecule has 4 rings (SSSR count). The van der Waals surface area contributed by atoms with E-state index in [1.807, 2.05) is 28.9 Å². The minimum Gasteiger partial charge on any atom is -0.439 e. The Labute approximate surface area is 128 Å². The molecule has 2 aromatic heterocycles. The first-order valence-electron chi connectivity index (χ1n) is 7.82. The van der Waals surface area contributed by atoms with Crippen molar-refractivity contribution in [2.75, 3.05) is 0 Å². The highest BCUT2D eigenvalue weighted by molar-refractivity contribution is 5.72. The van der Waals surface area contributed by atoms with E-state index < -0.39 is 0 Å². The highest BCUT2D eigenvalue weighted by Gasteiger charge is 2.21. The van der Waals surface area contributed by atoms with Gasteiger partial charge in [-0.1, -0.05) is 19.1 Å². The predicted octanol–water partition coefficient (Wildman–Crippen LogP) is 2.09. The molecular formula is C16H19N5O. The van der Waals surface area contributed by atoms with Gasteiger partial charge in [-0.25, -0.2) is 14.6 Å². The molecule has 1 aliphatic rings. The van der Waals surface area contributed by atoms with Crippen molar-refractivity contribution >= 4 is 11.1 Å². The second-order valence-electron chi connectivity index (χ2n) is 5.67. The van der Waals surface area contributed by atoms with Crippen molar-refractivity contribution in [1.82, 2.24) is 25.1 Å². The Balaban J connectivity index is 1.42. The lowest BCUT2D eigenvalue weighted by molar-refractivity contribution is 0.343. The van der Waals surface area contributed by atoms with Gasteiger partial charge in [0.1, 0.15) is 11.3 Å². The summed E-state index contributed by atoms with van der Waals surface area (Å²) in [7, 11) is 0. The number of aryl methyl sites for hydroxylation is 2. The van der Waals surface area contributed by atoms with Crippen LogP contribution in [0.1, 0.15) is 30.9 Å². The first-order valence-corrected chi connectivity index (χ1v) is 7.82. The largest absolute Gasteiger partial charge is 0.439 e. The monoisotopic (exact) mass is 297 g/mol. The van der Waals surface area contributed by atoms with Crippen LogP contribution in [0, 0.1) is 0 Å². The number of oxazole rings is 1. The molecule has 0 bridgehead atoms. The Morgan fingerprint density at radius 2 is 2.23 bits per heavy atom. The summed E-state index contributed by atoms with van der Waals surface area (Å²) < 4.78 is 7.78. The van der Waals surface area contributed by atoms with Crippen LogP contribution in [-0.4, -0.2) is 25.8 Å². The van der Waals surface area contributed by atoms with Crippen LogP contribution >= 0.6 is 0 Å². The smallest absolute Gasteiger partial charge is 0.209 e. The van der Waals surface area contributed by atoms with Crippen molar-refractivity contribution in [1.29, 1.82) is 0 Å². The summed E-state index contributed by atoms with van der Waals surface area (Å²) in [5, 5.41) is 8.06. The Kier molecular flexibility index (Phi) is 3.38. The van der Waals surface area contributed by atoms with Gasteiger partial charge in [0.15, 0.2) is 11.4 Å². The van der Waals surface area contributed by atoms with E-state index in [-0.39, 0.29) is 0 Å². The Hall–Kier alpha value is -2.21. The normalized spacial score (nSPS) is 17.8. The zero-order valence-corrected chi connectivity index (χ0v) is 12.6. The number of rotatable bonds is 4. The third-order valence-corrected chi connectivity index (χ3v) is 4.10. The lowest BCUT2D eigenvalue weighted by Gasteiger charge is -2.22. The number of benzene rings is 1. The number of nitrogens with zero attached hydrogens (tertiary/aromatic N) is 4. The number of hydrogen-bond donors (Lipinski definition) is 1. The second-order valence-corrected chi connectivity index (χ2v) is 5.67. The first-order chi connectivity index (χ1) is 10.8. The third kappa shape index (κ3) is 2.50. The summed E-state index contributed by atoms with van der Waals surface area (Å²) in [6, 6.07) is 8.23. The lowest BCUT2D eigenvalue weighted by Crippen LogP contribution is -2.37. The maximum absolute atomic E-state index is 5.74. The molecule has 1 N–H and O–H groups in total. The summed E-state index contributed by atoms with van der Waals surface area (Å²) >= 11 is 0. The van der Waals surface area contributed by atoms with Crippen LogP contribution in [0.2, 0.25) is 0 Å². The third-order valence-electron chi connectivity index (χ3n) is 4.10. The lowest BCUT2D eigenvalue weighted by atomic mass is 10.1. The number of hydrogen-bond acceptors (Lipinski definition) is 5. The molecule has 3 aromatic rings. The number of para-hydroxylation sites is 2. The molecule has 0 saturated heterocycles. The molecule has 22 heavy (non-hydrogen) atoms. The van der Waals surface area contributed by atoms with Crippen LogP contribution in [0.4, 0.5) is 0 Å². The van der Waals surface area contributed by atoms with Crippen LogP contribution in [0.15, 0.2) is 28.7 Å². The summed E-state index contributed by atoms with van der Waals surface area (Å²) in [6.07, 6.45) is 2.93.